The summed E-state index contributed by atoms with van der Waals surface area (Å²) >= 11 is 8.82. The van der Waals surface area contributed by atoms with Gasteiger partial charge in [0.15, 0.2) is 0 Å². The number of hydrazine groups is 1. The van der Waals surface area contributed by atoms with Crippen molar-refractivity contribution in [3.63, 3.8) is 0 Å². The average Bonchev–Trinajstić information content (AvgIpc) is 2.72. The van der Waals surface area contributed by atoms with E-state index in [1.807, 2.05) is 0 Å². The topological polar surface area (TPSA) is 38.0 Å². The summed E-state index contributed by atoms with van der Waals surface area (Å²) in [5, 5.41) is 2.09. The fraction of sp³-hybridized carbons (Fsp3) is 0.231. The largest absolute Gasteiger partial charge is 0.271 e. The van der Waals surface area contributed by atoms with Gasteiger partial charge in [0, 0.05) is 25.6 Å². The van der Waals surface area contributed by atoms with Crippen molar-refractivity contribution in [1.29, 1.82) is 0 Å². The van der Waals surface area contributed by atoms with Gasteiger partial charge in [0.05, 0.1) is 6.04 Å². The smallest absolute Gasteiger partial charge is 0.0519 e. The van der Waals surface area contributed by atoms with Gasteiger partial charge < -0.3 is 0 Å². The first-order chi connectivity index (χ1) is 8.60. The molecular weight excluding hydrogens is 376 g/mol. The summed E-state index contributed by atoms with van der Waals surface area (Å²) in [5.74, 6) is 5.69. The molecule has 2 nitrogen and oxygen atoms in total. The predicted molar refractivity (Wildman–Crippen MR) is 84.7 cm³/mol. The van der Waals surface area contributed by atoms with Crippen molar-refractivity contribution in [1.82, 2.24) is 5.43 Å². The third-order valence-electron chi connectivity index (χ3n) is 2.76. The Morgan fingerprint density at radius 1 is 1.33 bits per heavy atom. The molecule has 2 aromatic rings. The normalized spacial score (nSPS) is 12.7. The molecule has 0 aliphatic heterocycles. The van der Waals surface area contributed by atoms with Gasteiger partial charge in [-0.15, -0.1) is 11.3 Å². The van der Waals surface area contributed by atoms with Gasteiger partial charge in [-0.25, -0.2) is 0 Å². The van der Waals surface area contributed by atoms with Gasteiger partial charge in [-0.3, -0.25) is 11.3 Å². The Hall–Kier alpha value is -0.200. The van der Waals surface area contributed by atoms with Crippen LogP contribution in [0.4, 0.5) is 0 Å². The van der Waals surface area contributed by atoms with Crippen molar-refractivity contribution in [2.45, 2.75) is 19.4 Å². The quantitative estimate of drug-likeness (QED) is 0.603. The monoisotopic (exact) mass is 388 g/mol. The second-order valence-corrected chi connectivity index (χ2v) is 6.95. The molecule has 0 fully saturated rings. The van der Waals surface area contributed by atoms with Crippen LogP contribution in [-0.2, 0) is 6.42 Å². The molecule has 96 valence electrons. The van der Waals surface area contributed by atoms with E-state index < -0.39 is 0 Å². The number of halogens is 2. The van der Waals surface area contributed by atoms with E-state index in [9.17, 15) is 0 Å². The summed E-state index contributed by atoms with van der Waals surface area (Å²) in [4.78, 5) is 1.30. The van der Waals surface area contributed by atoms with E-state index in [-0.39, 0.29) is 6.04 Å². The van der Waals surface area contributed by atoms with Crippen molar-refractivity contribution in [3.05, 3.63) is 54.6 Å². The van der Waals surface area contributed by atoms with Crippen molar-refractivity contribution in [2.24, 2.45) is 5.84 Å². The van der Waals surface area contributed by atoms with Crippen LogP contribution in [0.15, 0.2) is 38.6 Å². The lowest BCUT2D eigenvalue weighted by atomic mass is 10.0. The third kappa shape index (κ3) is 3.42. The van der Waals surface area contributed by atoms with Gasteiger partial charge in [0.1, 0.15) is 0 Å². The van der Waals surface area contributed by atoms with E-state index in [2.05, 4.69) is 73.9 Å². The van der Waals surface area contributed by atoms with Crippen molar-refractivity contribution < 1.29 is 0 Å². The minimum Gasteiger partial charge on any atom is -0.271 e. The number of rotatable bonds is 4. The maximum absolute atomic E-state index is 5.69. The minimum atomic E-state index is 0.116. The lowest BCUT2D eigenvalue weighted by molar-refractivity contribution is 0.553. The molecule has 1 atom stereocenters. The van der Waals surface area contributed by atoms with Crippen LogP contribution in [0.5, 0.6) is 0 Å². The van der Waals surface area contributed by atoms with E-state index in [1.54, 1.807) is 11.3 Å². The highest BCUT2D eigenvalue weighted by Gasteiger charge is 2.14. The second-order valence-electron chi connectivity index (χ2n) is 4.18. The Morgan fingerprint density at radius 3 is 2.67 bits per heavy atom. The highest BCUT2D eigenvalue weighted by atomic mass is 79.9. The van der Waals surface area contributed by atoms with Gasteiger partial charge in [-0.2, -0.15) is 0 Å². The van der Waals surface area contributed by atoms with E-state index in [0.717, 1.165) is 15.4 Å². The number of nitrogens with two attached hydrogens (primary N) is 1. The van der Waals surface area contributed by atoms with Crippen LogP contribution in [0.25, 0.3) is 0 Å². The lowest BCUT2D eigenvalue weighted by Crippen LogP contribution is -2.29. The van der Waals surface area contributed by atoms with Crippen molar-refractivity contribution >= 4 is 43.2 Å². The molecule has 0 saturated carbocycles. The number of hydrogen-bond acceptors (Lipinski definition) is 3. The maximum atomic E-state index is 5.69. The average molecular weight is 390 g/mol. The number of aryl methyl sites for hydroxylation is 1. The molecule has 2 rings (SSSR count). The molecule has 1 heterocycles. The fourth-order valence-electron chi connectivity index (χ4n) is 1.84. The summed E-state index contributed by atoms with van der Waals surface area (Å²) < 4.78 is 2.22. The van der Waals surface area contributed by atoms with Gasteiger partial charge >= 0.3 is 0 Å². The molecule has 0 aliphatic rings. The fourth-order valence-corrected chi connectivity index (χ4v) is 4.10. The van der Waals surface area contributed by atoms with Crippen LogP contribution < -0.4 is 11.3 Å². The number of benzene rings is 1. The first-order valence-electron chi connectivity index (χ1n) is 5.55. The Labute approximate surface area is 128 Å². The van der Waals surface area contributed by atoms with Crippen LogP contribution in [0.2, 0.25) is 0 Å². The molecule has 1 unspecified atom stereocenters. The summed E-state index contributed by atoms with van der Waals surface area (Å²) in [6.45, 7) is 2.08. The molecule has 0 radical (unpaired) electrons. The molecule has 0 aliphatic carbocycles. The predicted octanol–water partition coefficient (Wildman–Crippen LogP) is 4.33. The molecule has 3 N–H and O–H groups in total. The first-order valence-corrected chi connectivity index (χ1v) is 8.02. The molecule has 0 bridgehead atoms. The van der Waals surface area contributed by atoms with E-state index in [1.165, 1.54) is 16.0 Å². The number of hydrogen-bond donors (Lipinski definition) is 2. The van der Waals surface area contributed by atoms with Gasteiger partial charge in [-0.05, 0) is 46.1 Å². The number of nitrogens with one attached hydrogen (secondary N) is 1. The first kappa shape index (κ1) is 14.2. The second kappa shape index (κ2) is 6.30. The summed E-state index contributed by atoms with van der Waals surface area (Å²) in [6.07, 6.45) is 0.883. The van der Waals surface area contributed by atoms with Crippen molar-refractivity contribution in [3.8, 4) is 0 Å². The Bertz CT molecular complexity index is 540. The van der Waals surface area contributed by atoms with Crippen LogP contribution in [0, 0.1) is 6.92 Å². The molecular formula is C13H14Br2N2S. The molecule has 0 spiro atoms. The summed E-state index contributed by atoms with van der Waals surface area (Å²) in [6, 6.07) is 8.59. The zero-order valence-electron chi connectivity index (χ0n) is 9.91. The molecule has 18 heavy (non-hydrogen) atoms. The summed E-state index contributed by atoms with van der Waals surface area (Å²) in [5.41, 5.74) is 5.32. The highest BCUT2D eigenvalue weighted by Crippen LogP contribution is 2.29. The SMILES string of the molecule is Cc1ccc(C(Cc2cc(Br)cs2)NN)c(Br)c1. The zero-order valence-corrected chi connectivity index (χ0v) is 13.9. The summed E-state index contributed by atoms with van der Waals surface area (Å²) in [7, 11) is 0. The van der Waals surface area contributed by atoms with E-state index >= 15 is 0 Å². The van der Waals surface area contributed by atoms with E-state index in [0.29, 0.717) is 0 Å². The Morgan fingerprint density at radius 2 is 2.11 bits per heavy atom. The Kier molecular flexibility index (Phi) is 4.98. The van der Waals surface area contributed by atoms with Crippen molar-refractivity contribution in [2.75, 3.05) is 0 Å². The lowest BCUT2D eigenvalue weighted by Gasteiger charge is -2.17. The molecule has 1 aromatic heterocycles. The van der Waals surface area contributed by atoms with Gasteiger partial charge in [0.2, 0.25) is 0 Å². The third-order valence-corrected chi connectivity index (χ3v) is 5.17. The Balaban J connectivity index is 2.22. The molecule has 1 aromatic carbocycles. The molecule has 0 saturated heterocycles. The van der Waals surface area contributed by atoms with Crippen LogP contribution in [0.1, 0.15) is 22.0 Å². The van der Waals surface area contributed by atoms with Gasteiger partial charge in [0.25, 0.3) is 0 Å². The standard InChI is InChI=1S/C13H14Br2N2S/c1-8-2-3-11(12(15)4-8)13(17-16)6-10-5-9(14)7-18-10/h2-5,7,13,17H,6,16H2,1H3. The van der Waals surface area contributed by atoms with E-state index in [4.69, 9.17) is 5.84 Å². The molecule has 5 heteroatoms. The number of thiophene rings is 1. The molecule has 0 amide bonds. The van der Waals surface area contributed by atoms with Gasteiger partial charge in [-0.1, -0.05) is 28.1 Å². The van der Waals surface area contributed by atoms with Crippen LogP contribution in [-0.4, -0.2) is 0 Å². The maximum Gasteiger partial charge on any atom is 0.0519 e. The zero-order chi connectivity index (χ0) is 13.1. The minimum absolute atomic E-state index is 0.116. The van der Waals surface area contributed by atoms with Crippen LogP contribution >= 0.6 is 43.2 Å². The van der Waals surface area contributed by atoms with Crippen LogP contribution in [0.3, 0.4) is 0 Å². The highest BCUT2D eigenvalue weighted by molar-refractivity contribution is 9.10.